The Balaban J connectivity index is 1.46. The zero-order valence-corrected chi connectivity index (χ0v) is 19.5. The minimum Gasteiger partial charge on any atom is -0.448 e. The number of aromatic nitrogens is 2. The minimum absolute atomic E-state index is 0.0640. The maximum Gasteiger partial charge on any atom is 0.297 e. The van der Waals surface area contributed by atoms with Crippen molar-refractivity contribution in [2.75, 3.05) is 17.7 Å². The number of nitrogens with zero attached hydrogens (tertiary/aromatic N) is 2. The molecule has 0 saturated carbocycles. The zero-order valence-electron chi connectivity index (χ0n) is 18.0. The van der Waals surface area contributed by atoms with E-state index in [1.807, 2.05) is 37.3 Å². The number of rotatable bonds is 6. The van der Waals surface area contributed by atoms with Crippen LogP contribution in [0.4, 0.5) is 5.69 Å². The number of anilines is 1. The molecule has 5 rings (SSSR count). The Morgan fingerprint density at radius 2 is 2.15 bits per heavy atom. The van der Waals surface area contributed by atoms with E-state index >= 15 is 0 Å². The Hall–Kier alpha value is -2.81. The first-order valence-electron chi connectivity index (χ1n) is 10.7. The fourth-order valence-electron chi connectivity index (χ4n) is 3.95. The lowest BCUT2D eigenvalue weighted by atomic mass is 10.2. The molecule has 2 aromatic heterocycles. The molecule has 0 aliphatic carbocycles. The maximum atomic E-state index is 13.4. The molecular weight excluding hydrogens is 462 g/mol. The Morgan fingerprint density at radius 3 is 2.94 bits per heavy atom. The van der Waals surface area contributed by atoms with Crippen molar-refractivity contribution in [2.24, 2.45) is 0 Å². The largest absolute Gasteiger partial charge is 0.448 e. The van der Waals surface area contributed by atoms with Gasteiger partial charge in [0.2, 0.25) is 11.5 Å². The highest BCUT2D eigenvalue weighted by Crippen LogP contribution is 2.28. The molecule has 4 aromatic rings. The van der Waals surface area contributed by atoms with Crippen LogP contribution < -0.4 is 10.9 Å². The second-order valence-electron chi connectivity index (χ2n) is 8.04. The highest BCUT2D eigenvalue weighted by molar-refractivity contribution is 7.99. The van der Waals surface area contributed by atoms with E-state index < -0.39 is 0 Å². The molecule has 170 valence electrons. The summed E-state index contributed by atoms with van der Waals surface area (Å²) in [6.45, 7) is 2.98. The fourth-order valence-corrected chi connectivity index (χ4v) is 5.04. The molecule has 0 unspecified atom stereocenters. The zero-order chi connectivity index (χ0) is 22.9. The van der Waals surface area contributed by atoms with Gasteiger partial charge in [-0.2, -0.15) is 0 Å². The Labute approximate surface area is 199 Å². The lowest BCUT2D eigenvalue weighted by Gasteiger charge is -2.15. The summed E-state index contributed by atoms with van der Waals surface area (Å²) < 4.78 is 13.1. The highest BCUT2D eigenvalue weighted by Gasteiger charge is 2.23. The number of fused-ring (bicyclic) bond motifs is 3. The predicted octanol–water partition coefficient (Wildman–Crippen LogP) is 5.01. The first-order chi connectivity index (χ1) is 16.0. The second kappa shape index (κ2) is 9.21. The number of benzene rings is 2. The van der Waals surface area contributed by atoms with E-state index in [2.05, 4.69) is 5.32 Å². The van der Waals surface area contributed by atoms with Crippen LogP contribution in [0.25, 0.3) is 22.1 Å². The fraction of sp³-hybridized carbons (Fsp3) is 0.292. The molecule has 1 aliphatic heterocycles. The van der Waals surface area contributed by atoms with Crippen LogP contribution in [-0.4, -0.2) is 33.9 Å². The molecule has 2 aromatic carbocycles. The average molecular weight is 484 g/mol. The van der Waals surface area contributed by atoms with E-state index in [0.29, 0.717) is 40.1 Å². The van der Waals surface area contributed by atoms with Crippen molar-refractivity contribution >= 4 is 57.0 Å². The molecule has 1 saturated heterocycles. The smallest absolute Gasteiger partial charge is 0.297 e. The second-order valence-corrected chi connectivity index (χ2v) is 9.39. The van der Waals surface area contributed by atoms with Crippen molar-refractivity contribution < 1.29 is 13.9 Å². The van der Waals surface area contributed by atoms with Crippen LogP contribution in [-0.2, 0) is 16.1 Å². The summed E-state index contributed by atoms with van der Waals surface area (Å²) in [7, 11) is 0. The quantitative estimate of drug-likeness (QED) is 0.306. The number of halogens is 1. The number of carbonyl (C=O) groups excluding carboxylic acids is 1. The van der Waals surface area contributed by atoms with Crippen molar-refractivity contribution in [3.63, 3.8) is 0 Å². The van der Waals surface area contributed by atoms with Crippen molar-refractivity contribution in [3.05, 3.63) is 63.4 Å². The third-order valence-corrected chi connectivity index (χ3v) is 6.88. The summed E-state index contributed by atoms with van der Waals surface area (Å²) in [5.41, 5.74) is 2.62. The Morgan fingerprint density at radius 1 is 1.30 bits per heavy atom. The normalized spacial score (nSPS) is 16.0. The van der Waals surface area contributed by atoms with Crippen molar-refractivity contribution in [3.8, 4) is 0 Å². The van der Waals surface area contributed by atoms with E-state index in [1.165, 1.54) is 11.8 Å². The third-order valence-electron chi connectivity index (χ3n) is 5.59. The molecule has 33 heavy (non-hydrogen) atoms. The monoisotopic (exact) mass is 483 g/mol. The van der Waals surface area contributed by atoms with Gasteiger partial charge in [0.25, 0.3) is 5.56 Å². The molecule has 1 atom stereocenters. The van der Waals surface area contributed by atoms with Crippen molar-refractivity contribution in [1.82, 2.24) is 9.55 Å². The standard InChI is InChI=1S/C24H22ClN3O4S/c1-14-8-9-18(17(25)11-14)26-20(29)13-33-24-27-21-16-6-2-3-7-19(16)32-22(21)23(30)28(24)12-15-5-4-10-31-15/h2-3,6-9,11,15H,4-5,10,12-13H2,1H3,(H,26,29)/t15-/m1/s1. The summed E-state index contributed by atoms with van der Waals surface area (Å²) in [4.78, 5) is 30.7. The van der Waals surface area contributed by atoms with Crippen LogP contribution in [0.15, 0.2) is 56.8 Å². The number of para-hydroxylation sites is 1. The SMILES string of the molecule is Cc1ccc(NC(=O)CSc2nc3c(oc4ccccc43)c(=O)n2C[C@H]2CCCO2)c(Cl)c1. The predicted molar refractivity (Wildman–Crippen MR) is 130 cm³/mol. The molecule has 0 radical (unpaired) electrons. The first kappa shape index (κ1) is 22.0. The summed E-state index contributed by atoms with van der Waals surface area (Å²) in [6.07, 6.45) is 1.77. The number of hydrogen-bond acceptors (Lipinski definition) is 6. The van der Waals surface area contributed by atoms with E-state index in [9.17, 15) is 9.59 Å². The average Bonchev–Trinajstić information content (AvgIpc) is 3.44. The van der Waals surface area contributed by atoms with Gasteiger partial charge >= 0.3 is 0 Å². The molecule has 7 nitrogen and oxygen atoms in total. The number of amides is 1. The number of carbonyl (C=O) groups is 1. The number of thioether (sulfide) groups is 1. The van der Waals surface area contributed by atoms with Crippen LogP contribution in [0.3, 0.4) is 0 Å². The van der Waals surface area contributed by atoms with Crippen LogP contribution >= 0.6 is 23.4 Å². The first-order valence-corrected chi connectivity index (χ1v) is 12.1. The summed E-state index contributed by atoms with van der Waals surface area (Å²) in [5, 5.41) is 4.53. The summed E-state index contributed by atoms with van der Waals surface area (Å²) in [6, 6.07) is 12.9. The van der Waals surface area contributed by atoms with E-state index in [1.54, 1.807) is 16.7 Å². The third kappa shape index (κ3) is 4.51. The molecule has 1 fully saturated rings. The van der Waals surface area contributed by atoms with E-state index in [0.717, 1.165) is 23.8 Å². The van der Waals surface area contributed by atoms with Gasteiger partial charge in [-0.3, -0.25) is 14.2 Å². The van der Waals surface area contributed by atoms with Crippen LogP contribution in [0.5, 0.6) is 0 Å². The van der Waals surface area contributed by atoms with Gasteiger partial charge in [0, 0.05) is 12.0 Å². The maximum absolute atomic E-state index is 13.4. The lowest BCUT2D eigenvalue weighted by Crippen LogP contribution is -2.29. The lowest BCUT2D eigenvalue weighted by molar-refractivity contribution is -0.113. The number of ether oxygens (including phenoxy) is 1. The minimum atomic E-state index is -0.267. The van der Waals surface area contributed by atoms with Gasteiger partial charge in [-0.1, -0.05) is 41.6 Å². The van der Waals surface area contributed by atoms with Crippen LogP contribution in [0.2, 0.25) is 5.02 Å². The number of furan rings is 1. The molecule has 3 heterocycles. The van der Waals surface area contributed by atoms with Gasteiger partial charge in [0.1, 0.15) is 11.1 Å². The van der Waals surface area contributed by atoms with Crippen LogP contribution in [0.1, 0.15) is 18.4 Å². The van der Waals surface area contributed by atoms with E-state index in [4.69, 9.17) is 25.7 Å². The summed E-state index contributed by atoms with van der Waals surface area (Å²) in [5.74, 6) is -0.162. The molecule has 0 spiro atoms. The van der Waals surface area contributed by atoms with Crippen molar-refractivity contribution in [1.29, 1.82) is 0 Å². The topological polar surface area (TPSA) is 86.4 Å². The van der Waals surface area contributed by atoms with Gasteiger partial charge in [-0.15, -0.1) is 0 Å². The van der Waals surface area contributed by atoms with Gasteiger partial charge in [0.15, 0.2) is 5.16 Å². The van der Waals surface area contributed by atoms with Gasteiger partial charge in [0.05, 0.1) is 29.1 Å². The van der Waals surface area contributed by atoms with E-state index in [-0.39, 0.29) is 28.9 Å². The van der Waals surface area contributed by atoms with Gasteiger partial charge in [-0.05, 0) is 49.6 Å². The molecule has 1 amide bonds. The Kier molecular flexibility index (Phi) is 6.14. The number of aryl methyl sites for hydroxylation is 1. The van der Waals surface area contributed by atoms with Crippen molar-refractivity contribution in [2.45, 2.75) is 37.6 Å². The molecule has 1 N–H and O–H groups in total. The number of hydrogen-bond donors (Lipinski definition) is 1. The Bertz CT molecular complexity index is 1410. The number of nitrogens with one attached hydrogen (secondary N) is 1. The molecular formula is C24H22ClN3O4S. The van der Waals surface area contributed by atoms with Crippen LogP contribution in [0, 0.1) is 6.92 Å². The highest BCUT2D eigenvalue weighted by atomic mass is 35.5. The van der Waals surface area contributed by atoms with Gasteiger partial charge < -0.3 is 14.5 Å². The summed E-state index contributed by atoms with van der Waals surface area (Å²) >= 11 is 7.44. The molecule has 1 aliphatic rings. The molecule has 0 bridgehead atoms. The van der Waals surface area contributed by atoms with Gasteiger partial charge in [-0.25, -0.2) is 4.98 Å². The molecule has 9 heteroatoms.